The molecule has 0 heterocycles. The summed E-state index contributed by atoms with van der Waals surface area (Å²) in [6.45, 7) is 3.79. The molecule has 0 aliphatic rings. The summed E-state index contributed by atoms with van der Waals surface area (Å²) in [7, 11) is 1.44. The highest BCUT2D eigenvalue weighted by Crippen LogP contribution is 1.94. The van der Waals surface area contributed by atoms with Gasteiger partial charge in [0.2, 0.25) is 0 Å². The Hall–Kier alpha value is -0.580. The van der Waals surface area contributed by atoms with E-state index in [1.54, 1.807) is 0 Å². The molecule has 5 heteroatoms. The number of methoxy groups -OCH3 is 1. The van der Waals surface area contributed by atoms with E-state index in [-0.39, 0.29) is 13.2 Å². The molecule has 0 bridgehead atoms. The Morgan fingerprint density at radius 3 is 2.75 bits per heavy atom. The molecule has 70 valence electrons. The molecular weight excluding hydrogens is 182 g/mol. The first-order valence-electron chi connectivity index (χ1n) is 3.36. The summed E-state index contributed by atoms with van der Waals surface area (Å²) in [6, 6.07) is -0.731. The lowest BCUT2D eigenvalue weighted by molar-refractivity contribution is -0.140. The van der Waals surface area contributed by atoms with Gasteiger partial charge in [-0.1, -0.05) is 18.2 Å². The first kappa shape index (κ1) is 11.4. The van der Waals surface area contributed by atoms with Gasteiger partial charge in [0, 0.05) is 18.7 Å². The van der Waals surface area contributed by atoms with Crippen molar-refractivity contribution >= 4 is 17.6 Å². The molecule has 4 nitrogen and oxygen atoms in total. The molecule has 0 saturated carbocycles. The third kappa shape index (κ3) is 5.12. The van der Waals surface area contributed by atoms with Crippen molar-refractivity contribution in [2.24, 2.45) is 0 Å². The molecule has 0 saturated heterocycles. The van der Waals surface area contributed by atoms with Gasteiger partial charge in [-0.25, -0.2) is 0 Å². The van der Waals surface area contributed by atoms with Crippen molar-refractivity contribution < 1.29 is 14.6 Å². The molecule has 0 aromatic carbocycles. The molecule has 0 fully saturated rings. The number of carbonyl (C=O) groups is 1. The van der Waals surface area contributed by atoms with Gasteiger partial charge in [0.05, 0.1) is 6.61 Å². The molecule has 2 N–H and O–H groups in total. The van der Waals surface area contributed by atoms with Gasteiger partial charge >= 0.3 is 5.97 Å². The standard InChI is InChI=1S/C7H12ClNO3/c1-5(8)3-9-6(4-12-2)7(10)11/h6,9H,1,3-4H2,2H3,(H,10,11). The zero-order valence-corrected chi connectivity index (χ0v) is 7.60. The van der Waals surface area contributed by atoms with Crippen LogP contribution in [-0.2, 0) is 9.53 Å². The smallest absolute Gasteiger partial charge is 0.323 e. The van der Waals surface area contributed by atoms with Gasteiger partial charge in [-0.05, 0) is 0 Å². The monoisotopic (exact) mass is 193 g/mol. The van der Waals surface area contributed by atoms with E-state index in [0.29, 0.717) is 5.03 Å². The van der Waals surface area contributed by atoms with Gasteiger partial charge in [0.1, 0.15) is 6.04 Å². The Bertz CT molecular complexity index is 172. The summed E-state index contributed by atoms with van der Waals surface area (Å²) in [6.07, 6.45) is 0. The maximum atomic E-state index is 10.5. The number of carboxylic acid groups (broad SMARTS) is 1. The Morgan fingerprint density at radius 1 is 1.83 bits per heavy atom. The Kier molecular flexibility index (Phi) is 5.70. The summed E-state index contributed by atoms with van der Waals surface area (Å²) in [5, 5.41) is 11.6. The summed E-state index contributed by atoms with van der Waals surface area (Å²) in [4.78, 5) is 10.5. The highest BCUT2D eigenvalue weighted by Gasteiger charge is 2.15. The van der Waals surface area contributed by atoms with Crippen LogP contribution in [0.25, 0.3) is 0 Å². The maximum Gasteiger partial charge on any atom is 0.323 e. The van der Waals surface area contributed by atoms with Crippen LogP contribution in [0.5, 0.6) is 0 Å². The topological polar surface area (TPSA) is 58.6 Å². The number of rotatable bonds is 6. The average Bonchev–Trinajstić information content (AvgIpc) is 1.96. The molecule has 0 aromatic rings. The number of hydrogen-bond acceptors (Lipinski definition) is 3. The fraction of sp³-hybridized carbons (Fsp3) is 0.571. The van der Waals surface area contributed by atoms with Gasteiger partial charge in [-0.2, -0.15) is 0 Å². The summed E-state index contributed by atoms with van der Waals surface area (Å²) >= 11 is 5.44. The minimum absolute atomic E-state index is 0.111. The second-order valence-corrected chi connectivity index (χ2v) is 2.78. The minimum atomic E-state index is -0.963. The van der Waals surface area contributed by atoms with Crippen molar-refractivity contribution in [1.82, 2.24) is 5.32 Å². The molecule has 0 aliphatic heterocycles. The quantitative estimate of drug-likeness (QED) is 0.642. The van der Waals surface area contributed by atoms with E-state index in [9.17, 15) is 4.79 Å². The van der Waals surface area contributed by atoms with Gasteiger partial charge in [-0.15, -0.1) is 0 Å². The lowest BCUT2D eigenvalue weighted by Crippen LogP contribution is -2.40. The SMILES string of the molecule is C=C(Cl)CNC(COC)C(=O)O. The average molecular weight is 194 g/mol. The third-order valence-corrected chi connectivity index (χ3v) is 1.31. The van der Waals surface area contributed by atoms with Gasteiger partial charge < -0.3 is 9.84 Å². The van der Waals surface area contributed by atoms with Crippen LogP contribution in [0.15, 0.2) is 11.6 Å². The number of ether oxygens (including phenoxy) is 1. The lowest BCUT2D eigenvalue weighted by atomic mass is 10.3. The number of aliphatic carboxylic acids is 1. The van der Waals surface area contributed by atoms with Crippen LogP contribution in [0.4, 0.5) is 0 Å². The van der Waals surface area contributed by atoms with E-state index in [1.807, 2.05) is 0 Å². The van der Waals surface area contributed by atoms with E-state index in [2.05, 4.69) is 16.6 Å². The summed E-state index contributed by atoms with van der Waals surface area (Å²) in [5.74, 6) is -0.963. The Balaban J connectivity index is 3.79. The highest BCUT2D eigenvalue weighted by atomic mass is 35.5. The summed E-state index contributed by atoms with van der Waals surface area (Å²) in [5.41, 5.74) is 0. The number of nitrogens with one attached hydrogen (secondary N) is 1. The zero-order chi connectivity index (χ0) is 9.56. The van der Waals surface area contributed by atoms with Crippen LogP contribution in [0.2, 0.25) is 0 Å². The lowest BCUT2D eigenvalue weighted by Gasteiger charge is -2.12. The molecule has 0 spiro atoms. The van der Waals surface area contributed by atoms with Crippen LogP contribution in [0.3, 0.4) is 0 Å². The zero-order valence-electron chi connectivity index (χ0n) is 6.84. The van der Waals surface area contributed by atoms with Gasteiger partial charge in [-0.3, -0.25) is 10.1 Å². The molecule has 0 amide bonds. The molecule has 0 aliphatic carbocycles. The second-order valence-electron chi connectivity index (χ2n) is 2.24. The second kappa shape index (κ2) is 5.99. The van der Waals surface area contributed by atoms with Crippen LogP contribution in [0, 0.1) is 0 Å². The van der Waals surface area contributed by atoms with E-state index in [4.69, 9.17) is 16.7 Å². The molecule has 1 unspecified atom stereocenters. The highest BCUT2D eigenvalue weighted by molar-refractivity contribution is 6.29. The van der Waals surface area contributed by atoms with Crippen molar-refractivity contribution in [3.05, 3.63) is 11.6 Å². The van der Waals surface area contributed by atoms with E-state index >= 15 is 0 Å². The van der Waals surface area contributed by atoms with Crippen molar-refractivity contribution in [3.8, 4) is 0 Å². The molecule has 0 rings (SSSR count). The van der Waals surface area contributed by atoms with Crippen LogP contribution in [-0.4, -0.2) is 37.4 Å². The first-order valence-corrected chi connectivity index (χ1v) is 3.74. The maximum absolute atomic E-state index is 10.5. The van der Waals surface area contributed by atoms with Crippen molar-refractivity contribution in [2.75, 3.05) is 20.3 Å². The number of hydrogen-bond donors (Lipinski definition) is 2. The number of carboxylic acids is 1. The van der Waals surface area contributed by atoms with Crippen molar-refractivity contribution in [1.29, 1.82) is 0 Å². The van der Waals surface area contributed by atoms with E-state index in [0.717, 1.165) is 0 Å². The van der Waals surface area contributed by atoms with Gasteiger partial charge in [0.25, 0.3) is 0 Å². The fourth-order valence-electron chi connectivity index (χ4n) is 0.618. The van der Waals surface area contributed by atoms with Crippen LogP contribution < -0.4 is 5.32 Å². The molecular formula is C7H12ClNO3. The van der Waals surface area contributed by atoms with Crippen molar-refractivity contribution in [3.63, 3.8) is 0 Å². The molecule has 0 radical (unpaired) electrons. The van der Waals surface area contributed by atoms with Gasteiger partial charge in [0.15, 0.2) is 0 Å². The first-order chi connectivity index (χ1) is 5.57. The Labute approximate surface area is 76.2 Å². The van der Waals surface area contributed by atoms with Crippen LogP contribution >= 0.6 is 11.6 Å². The van der Waals surface area contributed by atoms with E-state index < -0.39 is 12.0 Å². The predicted molar refractivity (Wildman–Crippen MR) is 46.3 cm³/mol. The largest absolute Gasteiger partial charge is 0.480 e. The summed E-state index contributed by atoms with van der Waals surface area (Å²) < 4.78 is 4.68. The van der Waals surface area contributed by atoms with Crippen LogP contribution in [0.1, 0.15) is 0 Å². The van der Waals surface area contributed by atoms with E-state index in [1.165, 1.54) is 7.11 Å². The van der Waals surface area contributed by atoms with Crippen molar-refractivity contribution in [2.45, 2.75) is 6.04 Å². The third-order valence-electron chi connectivity index (χ3n) is 1.17. The molecule has 12 heavy (non-hydrogen) atoms. The Morgan fingerprint density at radius 2 is 2.42 bits per heavy atom. The minimum Gasteiger partial charge on any atom is -0.480 e. The predicted octanol–water partition coefficient (Wildman–Crippen LogP) is 0.428. The molecule has 0 aromatic heterocycles. The molecule has 1 atom stereocenters. The number of halogens is 1. The normalized spacial score (nSPS) is 12.5. The fourth-order valence-corrected chi connectivity index (χ4v) is 0.695.